The third kappa shape index (κ3) is 3.27. The van der Waals surface area contributed by atoms with Gasteiger partial charge in [-0.1, -0.05) is 25.5 Å². The third-order valence-corrected chi connectivity index (χ3v) is 5.60. The van der Waals surface area contributed by atoms with Gasteiger partial charge in [0.15, 0.2) is 0 Å². The Morgan fingerprint density at radius 1 is 1.19 bits per heavy atom. The van der Waals surface area contributed by atoms with Crippen molar-refractivity contribution in [1.29, 1.82) is 0 Å². The van der Waals surface area contributed by atoms with E-state index in [0.29, 0.717) is 11.6 Å². The highest BCUT2D eigenvalue weighted by Crippen LogP contribution is 2.29. The van der Waals surface area contributed by atoms with Crippen LogP contribution in [0, 0.1) is 11.7 Å². The second kappa shape index (κ2) is 7.22. The standard InChI is InChI=1S/C21H26FN3O/c1-15-7-6-11-24(14-15)21(26)19-18-10-3-2-4-12-25(18)20(23-19)16-8-5-9-17(22)13-16/h5,8-9,13,15H,2-4,6-7,10-12,14H2,1H3. The largest absolute Gasteiger partial charge is 0.337 e. The van der Waals surface area contributed by atoms with Gasteiger partial charge in [-0.3, -0.25) is 4.79 Å². The predicted octanol–water partition coefficient (Wildman–Crippen LogP) is 4.29. The van der Waals surface area contributed by atoms with Gasteiger partial charge in [-0.05, 0) is 50.2 Å². The average Bonchev–Trinajstić information content (AvgIpc) is 2.82. The van der Waals surface area contributed by atoms with Gasteiger partial charge >= 0.3 is 0 Å². The number of imidazole rings is 1. The molecule has 4 nitrogen and oxygen atoms in total. The number of likely N-dealkylation sites (tertiary alicyclic amines) is 1. The molecule has 0 bridgehead atoms. The maximum atomic E-state index is 13.8. The number of benzene rings is 1. The van der Waals surface area contributed by atoms with E-state index in [9.17, 15) is 9.18 Å². The van der Waals surface area contributed by atoms with E-state index in [0.717, 1.165) is 68.8 Å². The fourth-order valence-corrected chi connectivity index (χ4v) is 4.26. The molecule has 3 heterocycles. The zero-order valence-electron chi connectivity index (χ0n) is 15.4. The fraction of sp³-hybridized carbons (Fsp3) is 0.524. The van der Waals surface area contributed by atoms with Crippen LogP contribution in [0.2, 0.25) is 0 Å². The van der Waals surface area contributed by atoms with Crippen LogP contribution < -0.4 is 0 Å². The molecule has 1 fully saturated rings. The lowest BCUT2D eigenvalue weighted by Gasteiger charge is -2.30. The zero-order valence-corrected chi connectivity index (χ0v) is 15.4. The van der Waals surface area contributed by atoms with Gasteiger partial charge in [0.2, 0.25) is 0 Å². The van der Waals surface area contributed by atoms with Gasteiger partial charge in [-0.25, -0.2) is 9.37 Å². The molecule has 4 rings (SSSR count). The highest BCUT2D eigenvalue weighted by molar-refractivity contribution is 5.94. The SMILES string of the molecule is CC1CCCN(C(=O)c2nc(-c3cccc(F)c3)n3c2CCCCC3)C1. The highest BCUT2D eigenvalue weighted by atomic mass is 19.1. The van der Waals surface area contributed by atoms with Crippen LogP contribution in [0.5, 0.6) is 0 Å². The van der Waals surface area contributed by atoms with Crippen molar-refractivity contribution < 1.29 is 9.18 Å². The summed E-state index contributed by atoms with van der Waals surface area (Å²) in [5.41, 5.74) is 2.37. The molecular weight excluding hydrogens is 329 g/mol. The first-order chi connectivity index (χ1) is 12.6. The van der Waals surface area contributed by atoms with Gasteiger partial charge in [-0.2, -0.15) is 0 Å². The lowest BCUT2D eigenvalue weighted by atomic mass is 10.00. The average molecular weight is 355 g/mol. The van der Waals surface area contributed by atoms with Gasteiger partial charge in [0.25, 0.3) is 5.91 Å². The van der Waals surface area contributed by atoms with Gasteiger partial charge < -0.3 is 9.47 Å². The van der Waals surface area contributed by atoms with Crippen LogP contribution >= 0.6 is 0 Å². The Kier molecular flexibility index (Phi) is 4.79. The van der Waals surface area contributed by atoms with Crippen molar-refractivity contribution in [3.63, 3.8) is 0 Å². The number of nitrogens with zero attached hydrogens (tertiary/aromatic N) is 3. The quantitative estimate of drug-likeness (QED) is 0.806. The lowest BCUT2D eigenvalue weighted by Crippen LogP contribution is -2.39. The van der Waals surface area contributed by atoms with Gasteiger partial charge in [0.1, 0.15) is 17.3 Å². The number of amides is 1. The number of fused-ring (bicyclic) bond motifs is 1. The molecule has 1 atom stereocenters. The van der Waals surface area contributed by atoms with Crippen molar-refractivity contribution >= 4 is 5.91 Å². The summed E-state index contributed by atoms with van der Waals surface area (Å²) in [5, 5.41) is 0. The van der Waals surface area contributed by atoms with E-state index in [1.54, 1.807) is 6.07 Å². The van der Waals surface area contributed by atoms with E-state index < -0.39 is 0 Å². The van der Waals surface area contributed by atoms with Crippen molar-refractivity contribution in [3.8, 4) is 11.4 Å². The lowest BCUT2D eigenvalue weighted by molar-refractivity contribution is 0.0676. The molecular formula is C21H26FN3O. The molecule has 0 N–H and O–H groups in total. The second-order valence-electron chi connectivity index (χ2n) is 7.70. The summed E-state index contributed by atoms with van der Waals surface area (Å²) >= 11 is 0. The molecule has 138 valence electrons. The molecule has 1 aromatic heterocycles. The molecule has 1 unspecified atom stereocenters. The number of halogens is 1. The zero-order chi connectivity index (χ0) is 18.1. The number of carbonyl (C=O) groups is 1. The molecule has 2 aliphatic rings. The number of rotatable bonds is 2. The molecule has 2 aliphatic heterocycles. The highest BCUT2D eigenvalue weighted by Gasteiger charge is 2.29. The van der Waals surface area contributed by atoms with Crippen molar-refractivity contribution in [1.82, 2.24) is 14.5 Å². The first-order valence-corrected chi connectivity index (χ1v) is 9.78. The van der Waals surface area contributed by atoms with Crippen molar-refractivity contribution in [2.45, 2.75) is 52.0 Å². The molecule has 1 saturated heterocycles. The molecule has 0 aliphatic carbocycles. The minimum absolute atomic E-state index is 0.0462. The first-order valence-electron chi connectivity index (χ1n) is 9.78. The van der Waals surface area contributed by atoms with E-state index in [4.69, 9.17) is 4.98 Å². The number of aromatic nitrogens is 2. The summed E-state index contributed by atoms with van der Waals surface area (Å²) in [6.07, 6.45) is 6.40. The summed E-state index contributed by atoms with van der Waals surface area (Å²) in [5.74, 6) is 1.04. The molecule has 1 aromatic carbocycles. The molecule has 0 spiro atoms. The number of hydrogen-bond acceptors (Lipinski definition) is 2. The Hall–Kier alpha value is -2.17. The maximum absolute atomic E-state index is 13.8. The van der Waals surface area contributed by atoms with E-state index >= 15 is 0 Å². The van der Waals surface area contributed by atoms with Crippen LogP contribution in [0.15, 0.2) is 24.3 Å². The van der Waals surface area contributed by atoms with Gasteiger partial charge in [0, 0.05) is 25.2 Å². The van der Waals surface area contributed by atoms with Crippen molar-refractivity contribution in [2.24, 2.45) is 5.92 Å². The third-order valence-electron chi connectivity index (χ3n) is 5.60. The molecule has 26 heavy (non-hydrogen) atoms. The van der Waals surface area contributed by atoms with Crippen LogP contribution in [-0.4, -0.2) is 33.4 Å². The topological polar surface area (TPSA) is 38.1 Å². The van der Waals surface area contributed by atoms with E-state index in [2.05, 4.69) is 11.5 Å². The maximum Gasteiger partial charge on any atom is 0.274 e. The summed E-state index contributed by atoms with van der Waals surface area (Å²) in [6, 6.07) is 6.53. The number of carbonyl (C=O) groups excluding carboxylic acids is 1. The van der Waals surface area contributed by atoms with E-state index in [1.807, 2.05) is 11.0 Å². The normalized spacial score (nSPS) is 20.5. The minimum Gasteiger partial charge on any atom is -0.337 e. The molecule has 2 aromatic rings. The summed E-state index contributed by atoms with van der Waals surface area (Å²) in [6.45, 7) is 4.66. The van der Waals surface area contributed by atoms with Crippen molar-refractivity contribution in [2.75, 3.05) is 13.1 Å². The molecule has 1 amide bonds. The number of piperidine rings is 1. The molecule has 0 saturated carbocycles. The Labute approximate surface area is 154 Å². The van der Waals surface area contributed by atoms with Crippen LogP contribution in [0.25, 0.3) is 11.4 Å². The summed E-state index contributed by atoms with van der Waals surface area (Å²) < 4.78 is 15.9. The smallest absolute Gasteiger partial charge is 0.274 e. The molecule has 5 heteroatoms. The Morgan fingerprint density at radius 2 is 2.08 bits per heavy atom. The van der Waals surface area contributed by atoms with Crippen molar-refractivity contribution in [3.05, 3.63) is 41.5 Å². The molecule has 0 radical (unpaired) electrons. The monoisotopic (exact) mass is 355 g/mol. The van der Waals surface area contributed by atoms with Crippen LogP contribution in [0.3, 0.4) is 0 Å². The van der Waals surface area contributed by atoms with Gasteiger partial charge in [-0.15, -0.1) is 0 Å². The predicted molar refractivity (Wildman–Crippen MR) is 99.5 cm³/mol. The van der Waals surface area contributed by atoms with E-state index in [1.165, 1.54) is 18.6 Å². The fourth-order valence-electron chi connectivity index (χ4n) is 4.26. The Bertz CT molecular complexity index is 814. The first kappa shape index (κ1) is 17.3. The Balaban J connectivity index is 1.76. The van der Waals surface area contributed by atoms with E-state index in [-0.39, 0.29) is 11.7 Å². The summed E-state index contributed by atoms with van der Waals surface area (Å²) in [4.78, 5) is 19.9. The Morgan fingerprint density at radius 3 is 2.88 bits per heavy atom. The van der Waals surface area contributed by atoms with Crippen LogP contribution in [0.1, 0.15) is 55.2 Å². The van der Waals surface area contributed by atoms with Gasteiger partial charge in [0.05, 0.1) is 5.69 Å². The second-order valence-corrected chi connectivity index (χ2v) is 7.70. The van der Waals surface area contributed by atoms with Crippen LogP contribution in [-0.2, 0) is 13.0 Å². The summed E-state index contributed by atoms with van der Waals surface area (Å²) in [7, 11) is 0. The van der Waals surface area contributed by atoms with Crippen LogP contribution in [0.4, 0.5) is 4.39 Å². The minimum atomic E-state index is -0.272. The number of hydrogen-bond donors (Lipinski definition) is 0.